The molecule has 386 valence electrons. The van der Waals surface area contributed by atoms with Gasteiger partial charge in [0.05, 0.1) is 38.7 Å². The van der Waals surface area contributed by atoms with E-state index in [1.807, 2.05) is 0 Å². The van der Waals surface area contributed by atoms with Gasteiger partial charge in [-0.1, -0.05) is 273 Å². The molecule has 3 aliphatic carbocycles. The molecule has 1 unspecified atom stereocenters. The van der Waals surface area contributed by atoms with E-state index in [9.17, 15) is 0 Å². The average molecular weight is 1050 g/mol. The topological polar surface area (TPSA) is 8.17 Å². The maximum absolute atomic E-state index is 2.62. The normalized spacial score (nSPS) is 15.7. The molecule has 2 heterocycles. The van der Waals surface area contributed by atoms with E-state index in [4.69, 9.17) is 0 Å². The average Bonchev–Trinajstić information content (AvgIpc) is 1.61. The molecule has 0 saturated heterocycles. The van der Waals surface area contributed by atoms with E-state index in [1.54, 1.807) is 0 Å². The fourth-order valence-corrected chi connectivity index (χ4v) is 16.3. The molecule has 0 radical (unpaired) electrons. The molecule has 0 saturated carbocycles. The van der Waals surface area contributed by atoms with Gasteiger partial charge in [-0.05, 0) is 137 Å². The van der Waals surface area contributed by atoms with Gasteiger partial charge in [0.25, 0.3) is 0 Å². The second-order valence-electron chi connectivity index (χ2n) is 22.9. The second kappa shape index (κ2) is 17.2. The summed E-state index contributed by atoms with van der Waals surface area (Å²) in [7, 11) is 0. The summed E-state index contributed by atoms with van der Waals surface area (Å²) in [5.74, 6) is 0. The van der Waals surface area contributed by atoms with Crippen molar-refractivity contribution in [1.82, 2.24) is 4.57 Å². The van der Waals surface area contributed by atoms with Crippen molar-refractivity contribution in [3.8, 4) is 39.1 Å². The van der Waals surface area contributed by atoms with Gasteiger partial charge in [-0.2, -0.15) is 0 Å². The summed E-state index contributed by atoms with van der Waals surface area (Å²) in [4.78, 5) is 2.62. The van der Waals surface area contributed by atoms with Crippen LogP contribution in [0.1, 0.15) is 66.8 Å². The molecule has 1 aromatic heterocycles. The molecular formula is C81H52N2. The maximum atomic E-state index is 2.62. The zero-order chi connectivity index (χ0) is 54.4. The van der Waals surface area contributed by atoms with Gasteiger partial charge in [0, 0.05) is 27.7 Å². The summed E-state index contributed by atoms with van der Waals surface area (Å²) in [6.07, 6.45) is 0. The molecule has 2 heteroatoms. The fourth-order valence-electron chi connectivity index (χ4n) is 16.3. The van der Waals surface area contributed by atoms with E-state index in [2.05, 4.69) is 325 Å². The molecule has 0 N–H and O–H groups in total. The maximum Gasteiger partial charge on any atom is 0.0755 e. The summed E-state index contributed by atoms with van der Waals surface area (Å²) >= 11 is 0. The molecule has 83 heavy (non-hydrogen) atoms. The van der Waals surface area contributed by atoms with Crippen LogP contribution in [0.2, 0.25) is 0 Å². The zero-order valence-corrected chi connectivity index (χ0v) is 45.4. The van der Waals surface area contributed by atoms with Crippen molar-refractivity contribution in [2.45, 2.75) is 16.2 Å². The largest absolute Gasteiger partial charge is 0.310 e. The number of anilines is 3. The predicted octanol–water partition coefficient (Wildman–Crippen LogP) is 19.7. The van der Waals surface area contributed by atoms with Crippen LogP contribution < -0.4 is 4.90 Å². The Morgan fingerprint density at radius 3 is 1.20 bits per heavy atom. The first-order valence-electron chi connectivity index (χ1n) is 29.1. The van der Waals surface area contributed by atoms with E-state index in [1.165, 1.54) is 128 Å². The Morgan fingerprint density at radius 2 is 0.651 bits per heavy atom. The summed E-state index contributed by atoms with van der Waals surface area (Å²) in [5.41, 5.74) is 27.9. The van der Waals surface area contributed by atoms with Crippen molar-refractivity contribution in [2.24, 2.45) is 0 Å². The number of fused-ring (bicyclic) bond motifs is 18. The number of hydrogen-bond donors (Lipinski definition) is 0. The Morgan fingerprint density at radius 1 is 0.253 bits per heavy atom. The van der Waals surface area contributed by atoms with Gasteiger partial charge >= 0.3 is 0 Å². The van der Waals surface area contributed by atoms with E-state index < -0.39 is 16.2 Å². The number of para-hydroxylation sites is 3. The zero-order valence-electron chi connectivity index (χ0n) is 45.4. The number of benzene rings is 13. The molecule has 1 atom stereocenters. The third-order valence-corrected chi connectivity index (χ3v) is 19.3. The molecule has 14 aromatic rings. The van der Waals surface area contributed by atoms with Crippen LogP contribution in [-0.4, -0.2) is 4.57 Å². The Labute approximate surface area is 483 Å². The molecular weight excluding hydrogens is 1000 g/mol. The van der Waals surface area contributed by atoms with Gasteiger partial charge in [-0.25, -0.2) is 0 Å². The highest BCUT2D eigenvalue weighted by molar-refractivity contribution is 6.13. The van der Waals surface area contributed by atoms with Crippen molar-refractivity contribution in [1.29, 1.82) is 0 Å². The lowest BCUT2D eigenvalue weighted by Crippen LogP contribution is -2.33. The Hall–Kier alpha value is -10.5. The van der Waals surface area contributed by atoms with Crippen LogP contribution in [0.25, 0.3) is 60.9 Å². The molecule has 1 aliphatic heterocycles. The summed E-state index contributed by atoms with van der Waals surface area (Å²) in [6.45, 7) is 0. The van der Waals surface area contributed by atoms with E-state index in [-0.39, 0.29) is 0 Å². The highest BCUT2D eigenvalue weighted by Gasteiger charge is 2.53. The Balaban J connectivity index is 0.968. The number of hydrogen-bond acceptors (Lipinski definition) is 1. The van der Waals surface area contributed by atoms with Crippen molar-refractivity contribution in [3.05, 3.63) is 382 Å². The quantitative estimate of drug-likeness (QED) is 0.154. The molecule has 2 nitrogen and oxygen atoms in total. The Bertz CT molecular complexity index is 4720. The third-order valence-electron chi connectivity index (χ3n) is 19.3. The lowest BCUT2D eigenvalue weighted by molar-refractivity contribution is 0.748. The highest BCUT2D eigenvalue weighted by atomic mass is 15.1. The fraction of sp³-hybridized carbons (Fsp3) is 0.0370. The standard InChI is InChI=1S/C81H52N2/c1-5-25-53(26-6-1)79(54-27-7-2-8-28-54)66-38-17-13-33-59(66)61-49-47-57(51-72(61)79)82(58-48-50-62-60-34-14-18-39-67(60)80(73(62)52-58,55-29-9-3-10-30-55)56-31-11-4-12-32-56)76-46-24-42-70-77(76)65-36-15-19-40-68(65)81(70)69-41-20-22-45-75(69)83-74-44-21-16-35-63(74)64-37-23-43-71(81)78(64)83/h1-52H. The van der Waals surface area contributed by atoms with Crippen LogP contribution >= 0.6 is 0 Å². The monoisotopic (exact) mass is 1050 g/mol. The van der Waals surface area contributed by atoms with Crippen LogP contribution in [0, 0.1) is 0 Å². The van der Waals surface area contributed by atoms with Gasteiger partial charge in [-0.3, -0.25) is 0 Å². The number of rotatable bonds is 7. The minimum atomic E-state index is -0.640. The minimum absolute atomic E-state index is 0.607. The Kier molecular flexibility index (Phi) is 9.60. The number of aromatic nitrogens is 1. The van der Waals surface area contributed by atoms with Gasteiger partial charge in [0.2, 0.25) is 0 Å². The number of nitrogens with zero attached hydrogens (tertiary/aromatic N) is 2. The minimum Gasteiger partial charge on any atom is -0.310 e. The molecule has 1 spiro atoms. The molecule has 4 aliphatic rings. The molecule has 0 fully saturated rings. The van der Waals surface area contributed by atoms with Gasteiger partial charge in [-0.15, -0.1) is 0 Å². The van der Waals surface area contributed by atoms with E-state index >= 15 is 0 Å². The SMILES string of the molecule is c1ccc(C2(c3ccccc3)c3ccccc3-c3ccc(N(c4ccc5c(c4)C(c4ccccc4)(c4ccccc4)c4ccccc4-5)c4cccc5c4-c4ccccc4C54c5ccccc5-n5c6ccccc6c6cccc4c65)cc32)cc1. The first kappa shape index (κ1) is 46.2. The van der Waals surface area contributed by atoms with Gasteiger partial charge < -0.3 is 9.47 Å². The first-order valence-corrected chi connectivity index (χ1v) is 29.1. The van der Waals surface area contributed by atoms with Crippen molar-refractivity contribution in [2.75, 3.05) is 4.90 Å². The molecule has 13 aromatic carbocycles. The summed E-state index contributed by atoms with van der Waals surface area (Å²) in [5, 5.41) is 2.54. The van der Waals surface area contributed by atoms with Gasteiger partial charge in [0.15, 0.2) is 0 Å². The summed E-state index contributed by atoms with van der Waals surface area (Å²) in [6, 6.07) is 119. The second-order valence-corrected chi connectivity index (χ2v) is 22.9. The lowest BCUT2D eigenvalue weighted by atomic mass is 9.65. The van der Waals surface area contributed by atoms with Crippen LogP contribution in [0.4, 0.5) is 17.1 Å². The van der Waals surface area contributed by atoms with E-state index in [0.717, 1.165) is 17.1 Å². The third kappa shape index (κ3) is 5.86. The van der Waals surface area contributed by atoms with Crippen molar-refractivity contribution >= 4 is 38.9 Å². The van der Waals surface area contributed by atoms with Crippen LogP contribution in [-0.2, 0) is 16.2 Å². The van der Waals surface area contributed by atoms with Crippen LogP contribution in [0.15, 0.2) is 315 Å². The van der Waals surface area contributed by atoms with Gasteiger partial charge in [0.1, 0.15) is 0 Å². The van der Waals surface area contributed by atoms with Crippen molar-refractivity contribution < 1.29 is 0 Å². The predicted molar refractivity (Wildman–Crippen MR) is 341 cm³/mol. The van der Waals surface area contributed by atoms with Crippen molar-refractivity contribution in [3.63, 3.8) is 0 Å². The molecule has 18 rings (SSSR count). The van der Waals surface area contributed by atoms with Crippen LogP contribution in [0.3, 0.4) is 0 Å². The first-order chi connectivity index (χ1) is 41.2. The molecule has 0 amide bonds. The smallest absolute Gasteiger partial charge is 0.0755 e. The lowest BCUT2D eigenvalue weighted by Gasteiger charge is -2.40. The van der Waals surface area contributed by atoms with Crippen LogP contribution in [0.5, 0.6) is 0 Å². The molecule has 0 bridgehead atoms. The highest BCUT2D eigenvalue weighted by Crippen LogP contribution is 2.65. The summed E-state index contributed by atoms with van der Waals surface area (Å²) < 4.78 is 2.54. The van der Waals surface area contributed by atoms with E-state index in [0.29, 0.717) is 0 Å².